The molecule has 8 heteroatoms. The molecule has 1 heterocycles. The summed E-state index contributed by atoms with van der Waals surface area (Å²) in [5.41, 5.74) is 2.79. The fraction of sp³-hybridized carbons (Fsp3) is 0.222. The first kappa shape index (κ1) is 11.4. The van der Waals surface area contributed by atoms with E-state index in [4.69, 9.17) is 5.84 Å². The Labute approximate surface area is 95.4 Å². The molecular formula is C9H10F2N4O2. The minimum Gasteiger partial charge on any atom is -0.395 e. The lowest BCUT2D eigenvalue weighted by molar-refractivity contribution is -0.286. The van der Waals surface area contributed by atoms with Crippen LogP contribution in [0.4, 0.5) is 14.5 Å². The number of hydrazine groups is 1. The maximum atomic E-state index is 12.7. The standard InChI is InChI=1S/C9H10F2N4O2/c1-13-8(15-12)14-5-2-3-6-7(4-5)17-9(10,11)16-6/h2-4H,12H2,1H3,(H2,13,14,15). The minimum absolute atomic E-state index is 0.0174. The second kappa shape index (κ2) is 4.06. The highest BCUT2D eigenvalue weighted by Crippen LogP contribution is 2.42. The number of hydrogen-bond acceptors (Lipinski definition) is 4. The van der Waals surface area contributed by atoms with Gasteiger partial charge >= 0.3 is 6.29 Å². The predicted octanol–water partition coefficient (Wildman–Crippen LogP) is 0.869. The molecule has 6 nitrogen and oxygen atoms in total. The number of nitrogens with one attached hydrogen (secondary N) is 2. The van der Waals surface area contributed by atoms with Gasteiger partial charge in [-0.3, -0.25) is 10.4 Å². The van der Waals surface area contributed by atoms with E-state index in [-0.39, 0.29) is 17.5 Å². The molecule has 1 aromatic carbocycles. The van der Waals surface area contributed by atoms with Crippen LogP contribution in [0.15, 0.2) is 23.2 Å². The van der Waals surface area contributed by atoms with Gasteiger partial charge in [-0.05, 0) is 12.1 Å². The van der Waals surface area contributed by atoms with Crippen LogP contribution in [-0.2, 0) is 0 Å². The molecule has 0 fully saturated rings. The van der Waals surface area contributed by atoms with E-state index in [0.29, 0.717) is 5.69 Å². The van der Waals surface area contributed by atoms with E-state index in [1.54, 1.807) is 0 Å². The summed E-state index contributed by atoms with van der Waals surface area (Å²) >= 11 is 0. The van der Waals surface area contributed by atoms with Crippen LogP contribution in [0.3, 0.4) is 0 Å². The van der Waals surface area contributed by atoms with Crippen molar-refractivity contribution in [3.63, 3.8) is 0 Å². The van der Waals surface area contributed by atoms with Crippen LogP contribution in [-0.4, -0.2) is 19.3 Å². The average molecular weight is 244 g/mol. The topological polar surface area (TPSA) is 80.9 Å². The van der Waals surface area contributed by atoms with Crippen molar-refractivity contribution in [1.29, 1.82) is 0 Å². The zero-order valence-electron chi connectivity index (χ0n) is 8.83. The molecule has 1 aliphatic rings. The van der Waals surface area contributed by atoms with Crippen molar-refractivity contribution in [3.8, 4) is 11.5 Å². The molecule has 0 saturated carbocycles. The molecular weight excluding hydrogens is 234 g/mol. The summed E-state index contributed by atoms with van der Waals surface area (Å²) < 4.78 is 34.0. The predicted molar refractivity (Wildman–Crippen MR) is 56.9 cm³/mol. The third-order valence-corrected chi connectivity index (χ3v) is 2.02. The summed E-state index contributed by atoms with van der Waals surface area (Å²) in [4.78, 5) is 3.77. The second-order valence-corrected chi connectivity index (χ2v) is 3.17. The minimum atomic E-state index is -3.62. The van der Waals surface area contributed by atoms with Gasteiger partial charge in [0.05, 0.1) is 0 Å². The summed E-state index contributed by atoms with van der Waals surface area (Å²) in [6.45, 7) is 0. The Balaban J connectivity index is 2.19. The molecule has 92 valence electrons. The van der Waals surface area contributed by atoms with Gasteiger partial charge in [0.2, 0.25) is 5.96 Å². The number of halogens is 2. The number of aliphatic imine (C=N–C) groups is 1. The van der Waals surface area contributed by atoms with Gasteiger partial charge in [-0.1, -0.05) is 0 Å². The van der Waals surface area contributed by atoms with Gasteiger partial charge in [0.25, 0.3) is 0 Å². The summed E-state index contributed by atoms with van der Waals surface area (Å²) in [6.07, 6.45) is -3.62. The zero-order chi connectivity index (χ0) is 12.5. The Kier molecular flexibility index (Phi) is 2.72. The van der Waals surface area contributed by atoms with Gasteiger partial charge in [0.1, 0.15) is 0 Å². The van der Waals surface area contributed by atoms with Gasteiger partial charge in [-0.2, -0.15) is 0 Å². The summed E-state index contributed by atoms with van der Waals surface area (Å²) in [6, 6.07) is 4.26. The van der Waals surface area contributed by atoms with Crippen LogP contribution in [0.1, 0.15) is 0 Å². The first-order chi connectivity index (χ1) is 8.04. The summed E-state index contributed by atoms with van der Waals surface area (Å²) in [5.74, 6) is 5.39. The van der Waals surface area contributed by atoms with Crippen LogP contribution >= 0.6 is 0 Å². The molecule has 0 aromatic heterocycles. The number of rotatable bonds is 1. The molecule has 0 amide bonds. The largest absolute Gasteiger partial charge is 0.586 e. The van der Waals surface area contributed by atoms with Gasteiger partial charge in [-0.15, -0.1) is 8.78 Å². The Morgan fingerprint density at radius 2 is 2.06 bits per heavy atom. The molecule has 0 aliphatic carbocycles. The number of ether oxygens (including phenoxy) is 2. The summed E-state index contributed by atoms with van der Waals surface area (Å²) in [7, 11) is 1.52. The van der Waals surface area contributed by atoms with E-state index >= 15 is 0 Å². The van der Waals surface area contributed by atoms with Gasteiger partial charge in [0.15, 0.2) is 11.5 Å². The number of guanidine groups is 1. The van der Waals surface area contributed by atoms with E-state index in [1.165, 1.54) is 25.2 Å². The molecule has 0 spiro atoms. The smallest absolute Gasteiger partial charge is 0.395 e. The normalized spacial score (nSPS) is 16.8. The molecule has 0 unspecified atom stereocenters. The Morgan fingerprint density at radius 3 is 2.71 bits per heavy atom. The van der Waals surface area contributed by atoms with Crippen molar-refractivity contribution in [3.05, 3.63) is 18.2 Å². The number of nitrogens with two attached hydrogens (primary N) is 1. The highest BCUT2D eigenvalue weighted by atomic mass is 19.3. The number of anilines is 1. The van der Waals surface area contributed by atoms with E-state index in [0.717, 1.165) is 0 Å². The van der Waals surface area contributed by atoms with Crippen molar-refractivity contribution in [2.45, 2.75) is 6.29 Å². The second-order valence-electron chi connectivity index (χ2n) is 3.17. The monoisotopic (exact) mass is 244 g/mol. The number of benzene rings is 1. The van der Waals surface area contributed by atoms with Gasteiger partial charge in [-0.25, -0.2) is 5.84 Å². The van der Waals surface area contributed by atoms with E-state index < -0.39 is 6.29 Å². The number of hydrogen-bond donors (Lipinski definition) is 3. The number of fused-ring (bicyclic) bond motifs is 1. The molecule has 2 rings (SSSR count). The Morgan fingerprint density at radius 1 is 1.35 bits per heavy atom. The maximum absolute atomic E-state index is 12.7. The SMILES string of the molecule is CN=C(NN)Nc1ccc2c(c1)OC(F)(F)O2. The van der Waals surface area contributed by atoms with Crippen molar-refractivity contribution >= 4 is 11.6 Å². The molecule has 1 aromatic rings. The third-order valence-electron chi connectivity index (χ3n) is 2.02. The number of alkyl halides is 2. The fourth-order valence-corrected chi connectivity index (χ4v) is 1.32. The van der Waals surface area contributed by atoms with Gasteiger partial charge < -0.3 is 14.8 Å². The molecule has 0 atom stereocenters. The molecule has 0 radical (unpaired) electrons. The van der Waals surface area contributed by atoms with E-state index in [2.05, 4.69) is 25.2 Å². The van der Waals surface area contributed by atoms with Gasteiger partial charge in [0, 0.05) is 18.8 Å². The quantitative estimate of drug-likeness (QED) is 0.295. The Hall–Kier alpha value is -2.09. The lowest BCUT2D eigenvalue weighted by Gasteiger charge is -2.08. The lowest BCUT2D eigenvalue weighted by atomic mass is 10.3. The summed E-state index contributed by atoms with van der Waals surface area (Å²) in [5, 5.41) is 2.77. The molecule has 0 saturated heterocycles. The third kappa shape index (κ3) is 2.36. The highest BCUT2D eigenvalue weighted by Gasteiger charge is 2.43. The average Bonchev–Trinajstić information content (AvgIpc) is 2.58. The Bertz CT molecular complexity index is 464. The first-order valence-corrected chi connectivity index (χ1v) is 4.64. The van der Waals surface area contributed by atoms with Crippen molar-refractivity contribution in [1.82, 2.24) is 5.43 Å². The lowest BCUT2D eigenvalue weighted by Crippen LogP contribution is -2.36. The molecule has 1 aliphatic heterocycles. The van der Waals surface area contributed by atoms with Crippen LogP contribution in [0.25, 0.3) is 0 Å². The fourth-order valence-electron chi connectivity index (χ4n) is 1.32. The zero-order valence-corrected chi connectivity index (χ0v) is 8.83. The van der Waals surface area contributed by atoms with Crippen LogP contribution < -0.4 is 26.1 Å². The van der Waals surface area contributed by atoms with Crippen LogP contribution in [0.5, 0.6) is 11.5 Å². The molecule has 4 N–H and O–H groups in total. The first-order valence-electron chi connectivity index (χ1n) is 4.64. The van der Waals surface area contributed by atoms with Crippen molar-refractivity contribution in [2.75, 3.05) is 12.4 Å². The highest BCUT2D eigenvalue weighted by molar-refractivity contribution is 5.93. The molecule has 17 heavy (non-hydrogen) atoms. The molecule has 0 bridgehead atoms. The maximum Gasteiger partial charge on any atom is 0.586 e. The van der Waals surface area contributed by atoms with Crippen molar-refractivity contribution < 1.29 is 18.3 Å². The van der Waals surface area contributed by atoms with E-state index in [9.17, 15) is 8.78 Å². The van der Waals surface area contributed by atoms with Crippen molar-refractivity contribution in [2.24, 2.45) is 10.8 Å². The van der Waals surface area contributed by atoms with E-state index in [1.807, 2.05) is 0 Å². The van der Waals surface area contributed by atoms with Crippen LogP contribution in [0, 0.1) is 0 Å². The van der Waals surface area contributed by atoms with Crippen LogP contribution in [0.2, 0.25) is 0 Å². The number of nitrogens with zero attached hydrogens (tertiary/aromatic N) is 1.